The number of benzene rings is 1. The minimum atomic E-state index is -0.671. The van der Waals surface area contributed by atoms with Gasteiger partial charge in [-0.3, -0.25) is 4.90 Å². The lowest BCUT2D eigenvalue weighted by molar-refractivity contribution is 0.0829. The molecule has 1 N–H and O–H groups in total. The van der Waals surface area contributed by atoms with E-state index >= 15 is 0 Å². The summed E-state index contributed by atoms with van der Waals surface area (Å²) in [6, 6.07) is 5.98. The second kappa shape index (κ2) is 13.0. The molecule has 150 valence electrons. The molecule has 0 heterocycles. The van der Waals surface area contributed by atoms with Gasteiger partial charge in [-0.2, -0.15) is 0 Å². The van der Waals surface area contributed by atoms with E-state index in [1.807, 2.05) is 18.2 Å². The predicted octanol–water partition coefficient (Wildman–Crippen LogP) is 4.57. The van der Waals surface area contributed by atoms with E-state index in [9.17, 15) is 4.79 Å². The maximum atomic E-state index is 12.1. The Morgan fingerprint density at radius 2 is 1.65 bits per heavy atom. The van der Waals surface area contributed by atoms with Gasteiger partial charge in [-0.1, -0.05) is 52.8 Å². The SMILES string of the molecule is CCCN(CCO)CCOC(=O)Oc1c(C(C)C)cccc1C(C)C.Cl. The van der Waals surface area contributed by atoms with Crippen LogP contribution in [0.3, 0.4) is 0 Å². The average Bonchev–Trinajstić information content (AvgIpc) is 2.55. The molecule has 1 aromatic rings. The molecule has 6 heteroatoms. The first-order valence-electron chi connectivity index (χ1n) is 9.21. The number of nitrogens with zero attached hydrogens (tertiary/aromatic N) is 1. The molecule has 1 aromatic carbocycles. The lowest BCUT2D eigenvalue weighted by atomic mass is 9.94. The minimum absolute atomic E-state index is 0. The molecule has 26 heavy (non-hydrogen) atoms. The highest BCUT2D eigenvalue weighted by Gasteiger charge is 2.19. The minimum Gasteiger partial charge on any atom is -0.433 e. The van der Waals surface area contributed by atoms with E-state index in [0.717, 1.165) is 24.1 Å². The van der Waals surface area contributed by atoms with Gasteiger partial charge in [0.05, 0.1) is 6.61 Å². The van der Waals surface area contributed by atoms with Gasteiger partial charge in [-0.05, 0) is 35.9 Å². The number of hydrogen-bond donors (Lipinski definition) is 1. The molecule has 0 aliphatic heterocycles. The van der Waals surface area contributed by atoms with Gasteiger partial charge in [0, 0.05) is 13.1 Å². The fourth-order valence-corrected chi connectivity index (χ4v) is 2.76. The lowest BCUT2D eigenvalue weighted by Crippen LogP contribution is -2.32. The summed E-state index contributed by atoms with van der Waals surface area (Å²) in [5.74, 6) is 1.13. The molecule has 0 saturated carbocycles. The van der Waals surface area contributed by atoms with Crippen LogP contribution in [-0.4, -0.2) is 49.0 Å². The van der Waals surface area contributed by atoms with Crippen LogP contribution in [0.1, 0.15) is 64.0 Å². The van der Waals surface area contributed by atoms with Gasteiger partial charge < -0.3 is 14.6 Å². The number of carbonyl (C=O) groups excluding carboxylic acids is 1. The van der Waals surface area contributed by atoms with Crippen LogP contribution < -0.4 is 4.74 Å². The molecule has 0 fully saturated rings. The molecule has 0 saturated heterocycles. The van der Waals surface area contributed by atoms with Crippen molar-refractivity contribution in [2.24, 2.45) is 0 Å². The third kappa shape index (κ3) is 7.94. The van der Waals surface area contributed by atoms with Crippen LogP contribution in [0.2, 0.25) is 0 Å². The van der Waals surface area contributed by atoms with Crippen molar-refractivity contribution in [3.05, 3.63) is 29.3 Å². The van der Waals surface area contributed by atoms with Crippen LogP contribution >= 0.6 is 12.4 Å². The molecule has 0 aliphatic rings. The summed E-state index contributed by atoms with van der Waals surface area (Å²) in [6.45, 7) is 12.8. The summed E-state index contributed by atoms with van der Waals surface area (Å²) in [5, 5.41) is 9.06. The van der Waals surface area contributed by atoms with E-state index in [-0.39, 0.29) is 37.5 Å². The largest absolute Gasteiger partial charge is 0.513 e. The van der Waals surface area contributed by atoms with E-state index in [2.05, 4.69) is 39.5 Å². The molecular formula is C20H34ClNO4. The normalized spacial score (nSPS) is 11.0. The highest BCUT2D eigenvalue weighted by molar-refractivity contribution is 5.85. The molecule has 0 aliphatic carbocycles. The number of aliphatic hydroxyl groups is 1. The topological polar surface area (TPSA) is 59.0 Å². The van der Waals surface area contributed by atoms with Crippen molar-refractivity contribution in [1.82, 2.24) is 4.90 Å². The van der Waals surface area contributed by atoms with E-state index < -0.39 is 6.16 Å². The maximum absolute atomic E-state index is 12.1. The molecule has 0 radical (unpaired) electrons. The van der Waals surface area contributed by atoms with Crippen LogP contribution in [0, 0.1) is 0 Å². The van der Waals surface area contributed by atoms with Crippen molar-refractivity contribution in [1.29, 1.82) is 0 Å². The molecule has 0 aromatic heterocycles. The zero-order valence-corrected chi connectivity index (χ0v) is 17.5. The predicted molar refractivity (Wildman–Crippen MR) is 108 cm³/mol. The quantitative estimate of drug-likeness (QED) is 0.470. The first-order valence-corrected chi connectivity index (χ1v) is 9.21. The maximum Gasteiger partial charge on any atom is 0.513 e. The fraction of sp³-hybridized carbons (Fsp3) is 0.650. The molecule has 0 amide bonds. The Hall–Kier alpha value is -1.30. The lowest BCUT2D eigenvalue weighted by Gasteiger charge is -2.21. The van der Waals surface area contributed by atoms with Gasteiger partial charge in [0.1, 0.15) is 12.4 Å². The number of carbonyl (C=O) groups is 1. The average molecular weight is 388 g/mol. The molecule has 0 spiro atoms. The standard InChI is InChI=1S/C20H33NO4.ClH/c1-6-10-21(11-13-22)12-14-24-20(23)25-19-17(15(2)3)8-7-9-18(19)16(4)5;/h7-9,15-16,22H,6,10-14H2,1-5H3;1H. The molecule has 5 nitrogen and oxygen atoms in total. The van der Waals surface area contributed by atoms with Crippen molar-refractivity contribution in [2.45, 2.75) is 52.9 Å². The summed E-state index contributed by atoms with van der Waals surface area (Å²) in [5.41, 5.74) is 2.02. The first kappa shape index (κ1) is 24.7. The van der Waals surface area contributed by atoms with Crippen molar-refractivity contribution in [2.75, 3.05) is 32.8 Å². The summed E-state index contributed by atoms with van der Waals surface area (Å²) >= 11 is 0. The monoisotopic (exact) mass is 387 g/mol. The van der Waals surface area contributed by atoms with Crippen LogP contribution in [0.4, 0.5) is 4.79 Å². The Labute approximate surface area is 164 Å². The molecule has 0 atom stereocenters. The third-order valence-corrected chi connectivity index (χ3v) is 4.09. The number of rotatable bonds is 10. The fourth-order valence-electron chi connectivity index (χ4n) is 2.76. The number of halogens is 1. The van der Waals surface area contributed by atoms with Gasteiger partial charge in [-0.15, -0.1) is 12.4 Å². The van der Waals surface area contributed by atoms with E-state index in [4.69, 9.17) is 14.6 Å². The van der Waals surface area contributed by atoms with Crippen molar-refractivity contribution in [3.63, 3.8) is 0 Å². The van der Waals surface area contributed by atoms with Crippen molar-refractivity contribution >= 4 is 18.6 Å². The van der Waals surface area contributed by atoms with Gasteiger partial charge in [0.25, 0.3) is 0 Å². The van der Waals surface area contributed by atoms with Gasteiger partial charge in [-0.25, -0.2) is 4.79 Å². The molecule has 1 rings (SSSR count). The molecular weight excluding hydrogens is 354 g/mol. The van der Waals surface area contributed by atoms with Crippen LogP contribution in [0.5, 0.6) is 5.75 Å². The second-order valence-corrected chi connectivity index (χ2v) is 6.84. The van der Waals surface area contributed by atoms with Crippen LogP contribution in [0.25, 0.3) is 0 Å². The third-order valence-electron chi connectivity index (χ3n) is 4.09. The van der Waals surface area contributed by atoms with Gasteiger partial charge in [0.2, 0.25) is 0 Å². The first-order chi connectivity index (χ1) is 11.9. The highest BCUT2D eigenvalue weighted by atomic mass is 35.5. The van der Waals surface area contributed by atoms with Gasteiger partial charge >= 0.3 is 6.16 Å². The summed E-state index contributed by atoms with van der Waals surface area (Å²) in [7, 11) is 0. The zero-order chi connectivity index (χ0) is 18.8. The van der Waals surface area contributed by atoms with Crippen LogP contribution in [-0.2, 0) is 4.74 Å². The number of ether oxygens (including phenoxy) is 2. The summed E-state index contributed by atoms with van der Waals surface area (Å²) in [6.07, 6.45) is 0.319. The molecule has 0 bridgehead atoms. The Bertz CT molecular complexity index is 502. The number of hydrogen-bond acceptors (Lipinski definition) is 5. The van der Waals surface area contributed by atoms with Crippen molar-refractivity contribution in [3.8, 4) is 5.75 Å². The van der Waals surface area contributed by atoms with Crippen LogP contribution in [0.15, 0.2) is 18.2 Å². The number of para-hydroxylation sites is 1. The summed E-state index contributed by atoms with van der Waals surface area (Å²) < 4.78 is 10.8. The second-order valence-electron chi connectivity index (χ2n) is 6.84. The van der Waals surface area contributed by atoms with E-state index in [0.29, 0.717) is 18.8 Å². The summed E-state index contributed by atoms with van der Waals surface area (Å²) in [4.78, 5) is 14.2. The smallest absolute Gasteiger partial charge is 0.433 e. The highest BCUT2D eigenvalue weighted by Crippen LogP contribution is 2.34. The Morgan fingerprint density at radius 1 is 1.08 bits per heavy atom. The van der Waals surface area contributed by atoms with Crippen molar-refractivity contribution < 1.29 is 19.4 Å². The van der Waals surface area contributed by atoms with E-state index in [1.165, 1.54) is 0 Å². The Morgan fingerprint density at radius 3 is 2.12 bits per heavy atom. The van der Waals surface area contributed by atoms with Gasteiger partial charge in [0.15, 0.2) is 0 Å². The Kier molecular flexibility index (Phi) is 12.3. The Balaban J connectivity index is 0.00000625. The van der Waals surface area contributed by atoms with E-state index in [1.54, 1.807) is 0 Å². The molecule has 0 unspecified atom stereocenters. The number of aliphatic hydroxyl groups excluding tert-OH is 1. The zero-order valence-electron chi connectivity index (χ0n) is 16.7.